The van der Waals surface area contributed by atoms with Crippen molar-refractivity contribution in [1.82, 2.24) is 0 Å². The van der Waals surface area contributed by atoms with Crippen molar-refractivity contribution < 1.29 is 32.0 Å². The zero-order valence-electron chi connectivity index (χ0n) is 14.0. The SMILES string of the molecule is CC1(C)Oc2cc([N+](=O)[O-])cc(C(F)(F)F)c2N(c2ccc(F)cc2)C1=O. The number of alkyl halides is 3. The highest BCUT2D eigenvalue weighted by molar-refractivity contribution is 6.09. The molecule has 2 aromatic carbocycles. The molecule has 0 saturated carbocycles. The summed E-state index contributed by atoms with van der Waals surface area (Å²) < 4.78 is 59.4. The molecule has 2 aromatic rings. The Morgan fingerprint density at radius 1 is 1.15 bits per heavy atom. The van der Waals surface area contributed by atoms with Crippen LogP contribution in [0, 0.1) is 15.9 Å². The van der Waals surface area contributed by atoms with Gasteiger partial charge in [-0.1, -0.05) is 0 Å². The molecule has 0 atom stereocenters. The van der Waals surface area contributed by atoms with E-state index in [1.54, 1.807) is 0 Å². The van der Waals surface area contributed by atoms with Crippen LogP contribution in [0.15, 0.2) is 36.4 Å². The Morgan fingerprint density at radius 3 is 2.26 bits per heavy atom. The predicted octanol–water partition coefficient (Wildman–Crippen LogP) is 4.59. The van der Waals surface area contributed by atoms with Gasteiger partial charge in [-0.25, -0.2) is 4.39 Å². The van der Waals surface area contributed by atoms with E-state index in [2.05, 4.69) is 0 Å². The molecular formula is C17H12F4N2O4. The number of fused-ring (bicyclic) bond motifs is 1. The van der Waals surface area contributed by atoms with Crippen LogP contribution >= 0.6 is 0 Å². The molecule has 0 radical (unpaired) electrons. The second-order valence-corrected chi connectivity index (χ2v) is 6.32. The maximum absolute atomic E-state index is 13.6. The number of nitro groups is 1. The summed E-state index contributed by atoms with van der Waals surface area (Å²) in [6.07, 6.45) is -5.00. The fraction of sp³-hybridized carbons (Fsp3) is 0.235. The van der Waals surface area contributed by atoms with Gasteiger partial charge in [0, 0.05) is 11.8 Å². The van der Waals surface area contributed by atoms with Gasteiger partial charge in [0.2, 0.25) is 0 Å². The maximum Gasteiger partial charge on any atom is 0.418 e. The zero-order valence-corrected chi connectivity index (χ0v) is 14.0. The lowest BCUT2D eigenvalue weighted by atomic mass is 9.99. The van der Waals surface area contributed by atoms with E-state index in [1.807, 2.05) is 0 Å². The zero-order chi connectivity index (χ0) is 20.1. The van der Waals surface area contributed by atoms with Crippen molar-refractivity contribution in [2.75, 3.05) is 4.90 Å². The second-order valence-electron chi connectivity index (χ2n) is 6.32. The van der Waals surface area contributed by atoms with Gasteiger partial charge in [0.15, 0.2) is 11.4 Å². The minimum atomic E-state index is -5.00. The van der Waals surface area contributed by atoms with E-state index < -0.39 is 51.1 Å². The van der Waals surface area contributed by atoms with Crippen LogP contribution in [0.25, 0.3) is 0 Å². The lowest BCUT2D eigenvalue weighted by molar-refractivity contribution is -0.385. The first-order chi connectivity index (χ1) is 12.4. The Morgan fingerprint density at radius 2 is 1.74 bits per heavy atom. The number of hydrogen-bond donors (Lipinski definition) is 0. The number of halogens is 4. The molecule has 0 fully saturated rings. The quantitative estimate of drug-likeness (QED) is 0.431. The van der Waals surface area contributed by atoms with E-state index in [9.17, 15) is 32.5 Å². The van der Waals surface area contributed by atoms with Gasteiger partial charge in [0.1, 0.15) is 11.5 Å². The Labute approximate surface area is 150 Å². The van der Waals surface area contributed by atoms with Crippen LogP contribution in [-0.4, -0.2) is 16.4 Å². The molecule has 0 aliphatic carbocycles. The summed E-state index contributed by atoms with van der Waals surface area (Å²) in [5.74, 6) is -1.94. The molecular weight excluding hydrogens is 372 g/mol. The van der Waals surface area contributed by atoms with Crippen LogP contribution in [-0.2, 0) is 11.0 Å². The highest BCUT2D eigenvalue weighted by atomic mass is 19.4. The molecule has 10 heteroatoms. The van der Waals surface area contributed by atoms with E-state index in [-0.39, 0.29) is 5.69 Å². The second kappa shape index (κ2) is 5.93. The van der Waals surface area contributed by atoms with Crippen molar-refractivity contribution in [2.24, 2.45) is 0 Å². The fourth-order valence-corrected chi connectivity index (χ4v) is 2.75. The summed E-state index contributed by atoms with van der Waals surface area (Å²) in [6, 6.07) is 5.42. The third-order valence-electron chi connectivity index (χ3n) is 3.97. The van der Waals surface area contributed by atoms with Gasteiger partial charge >= 0.3 is 6.18 Å². The largest absolute Gasteiger partial charge is 0.476 e. The van der Waals surface area contributed by atoms with Crippen molar-refractivity contribution in [3.8, 4) is 5.75 Å². The third-order valence-corrected chi connectivity index (χ3v) is 3.97. The van der Waals surface area contributed by atoms with Gasteiger partial charge < -0.3 is 4.74 Å². The maximum atomic E-state index is 13.6. The van der Waals surface area contributed by atoms with Gasteiger partial charge in [0.25, 0.3) is 11.6 Å². The Hall–Kier alpha value is -3.17. The average Bonchev–Trinajstić information content (AvgIpc) is 2.55. The van der Waals surface area contributed by atoms with Gasteiger partial charge in [-0.05, 0) is 38.1 Å². The molecule has 1 amide bonds. The van der Waals surface area contributed by atoms with Crippen LogP contribution in [0.4, 0.5) is 34.6 Å². The summed E-state index contributed by atoms with van der Waals surface area (Å²) >= 11 is 0. The molecule has 0 unspecified atom stereocenters. The molecule has 0 aromatic heterocycles. The molecule has 0 spiro atoms. The predicted molar refractivity (Wildman–Crippen MR) is 86.4 cm³/mol. The number of carbonyl (C=O) groups excluding carboxylic acids is 1. The van der Waals surface area contributed by atoms with E-state index in [0.717, 1.165) is 35.2 Å². The summed E-state index contributed by atoms with van der Waals surface area (Å²) in [5.41, 5.74) is -4.54. The lowest BCUT2D eigenvalue weighted by Gasteiger charge is -2.39. The van der Waals surface area contributed by atoms with E-state index in [0.29, 0.717) is 6.07 Å². The highest BCUT2D eigenvalue weighted by Gasteiger charge is 2.48. The number of ether oxygens (including phenoxy) is 1. The summed E-state index contributed by atoms with van der Waals surface area (Å²) in [7, 11) is 0. The van der Waals surface area contributed by atoms with E-state index >= 15 is 0 Å². The van der Waals surface area contributed by atoms with Gasteiger partial charge in [-0.3, -0.25) is 19.8 Å². The Bertz CT molecular complexity index is 939. The molecule has 0 saturated heterocycles. The summed E-state index contributed by atoms with van der Waals surface area (Å²) in [6.45, 7) is 2.64. The van der Waals surface area contributed by atoms with Gasteiger partial charge in [0.05, 0.1) is 16.6 Å². The van der Waals surface area contributed by atoms with Crippen molar-refractivity contribution in [2.45, 2.75) is 25.6 Å². The summed E-state index contributed by atoms with van der Waals surface area (Å²) in [4.78, 5) is 23.6. The van der Waals surface area contributed by atoms with Crippen LogP contribution in [0.2, 0.25) is 0 Å². The topological polar surface area (TPSA) is 72.7 Å². The Balaban J connectivity index is 2.36. The van der Waals surface area contributed by atoms with Crippen molar-refractivity contribution in [1.29, 1.82) is 0 Å². The number of non-ortho nitro benzene ring substituents is 1. The molecule has 142 valence electrons. The van der Waals surface area contributed by atoms with Crippen LogP contribution < -0.4 is 9.64 Å². The molecule has 27 heavy (non-hydrogen) atoms. The number of nitro benzene ring substituents is 1. The standard InChI is InChI=1S/C17H12F4N2O4/c1-16(2)15(24)22(10-5-3-9(18)4-6-10)14-12(17(19,20)21)7-11(23(25)26)8-13(14)27-16/h3-8H,1-2H3. The van der Waals surface area contributed by atoms with Crippen LogP contribution in [0.3, 0.4) is 0 Å². The number of carbonyl (C=O) groups is 1. The number of nitrogens with zero attached hydrogens (tertiary/aromatic N) is 2. The molecule has 0 bridgehead atoms. The molecule has 3 rings (SSSR count). The monoisotopic (exact) mass is 384 g/mol. The first-order valence-corrected chi connectivity index (χ1v) is 7.60. The average molecular weight is 384 g/mol. The van der Waals surface area contributed by atoms with Crippen LogP contribution in [0.1, 0.15) is 19.4 Å². The smallest absolute Gasteiger partial charge is 0.418 e. The number of benzene rings is 2. The van der Waals surface area contributed by atoms with Crippen LogP contribution in [0.5, 0.6) is 5.75 Å². The molecule has 1 aliphatic heterocycles. The normalized spacial score (nSPS) is 15.9. The van der Waals surface area contributed by atoms with E-state index in [1.165, 1.54) is 13.8 Å². The lowest BCUT2D eigenvalue weighted by Crippen LogP contribution is -2.51. The van der Waals surface area contributed by atoms with Gasteiger partial charge in [-0.2, -0.15) is 13.2 Å². The highest BCUT2D eigenvalue weighted by Crippen LogP contribution is 2.50. The molecule has 1 aliphatic rings. The van der Waals surface area contributed by atoms with Crippen molar-refractivity contribution in [3.05, 3.63) is 57.9 Å². The number of hydrogen-bond acceptors (Lipinski definition) is 4. The fourth-order valence-electron chi connectivity index (χ4n) is 2.75. The number of anilines is 2. The first kappa shape index (κ1) is 18.6. The first-order valence-electron chi connectivity index (χ1n) is 7.60. The molecule has 0 N–H and O–H groups in total. The van der Waals surface area contributed by atoms with E-state index in [4.69, 9.17) is 4.74 Å². The summed E-state index contributed by atoms with van der Waals surface area (Å²) in [5, 5.41) is 11.0. The molecule has 6 nitrogen and oxygen atoms in total. The van der Waals surface area contributed by atoms with Crippen molar-refractivity contribution in [3.63, 3.8) is 0 Å². The molecule has 1 heterocycles. The minimum absolute atomic E-state index is 0.0293. The third kappa shape index (κ3) is 3.18. The Kier molecular flexibility index (Phi) is 4.09. The van der Waals surface area contributed by atoms with Gasteiger partial charge in [-0.15, -0.1) is 0 Å². The number of amides is 1. The van der Waals surface area contributed by atoms with Crippen molar-refractivity contribution >= 4 is 23.0 Å². The number of rotatable bonds is 2. The minimum Gasteiger partial charge on any atom is -0.476 e.